The van der Waals surface area contributed by atoms with Gasteiger partial charge >= 0.3 is 0 Å². The van der Waals surface area contributed by atoms with Crippen LogP contribution in [0.2, 0.25) is 0 Å². The summed E-state index contributed by atoms with van der Waals surface area (Å²) in [5.74, 6) is 1.03. The molecule has 0 saturated heterocycles. The summed E-state index contributed by atoms with van der Waals surface area (Å²) >= 11 is 0. The largest absolute Gasteiger partial charge is 0.490 e. The third-order valence-corrected chi connectivity index (χ3v) is 3.62. The average molecular weight is 247 g/mol. The van der Waals surface area contributed by atoms with Gasteiger partial charge in [0, 0.05) is 0 Å². The van der Waals surface area contributed by atoms with Gasteiger partial charge in [-0.05, 0) is 55.5 Å². The first-order valence-corrected chi connectivity index (χ1v) is 7.10. The number of rotatable bonds is 7. The van der Waals surface area contributed by atoms with E-state index in [-0.39, 0.29) is 5.41 Å². The Labute approximate surface area is 111 Å². The minimum atomic E-state index is 0.199. The summed E-state index contributed by atoms with van der Waals surface area (Å²) in [5, 5.41) is 3.40. The lowest BCUT2D eigenvalue weighted by Gasteiger charge is -2.26. The first-order valence-electron chi connectivity index (χ1n) is 7.10. The molecule has 1 aliphatic rings. The van der Waals surface area contributed by atoms with E-state index in [2.05, 4.69) is 50.4 Å². The Balaban J connectivity index is 2.00. The fraction of sp³-hybridized carbons (Fsp3) is 0.625. The minimum Gasteiger partial charge on any atom is -0.490 e. The maximum absolute atomic E-state index is 5.87. The lowest BCUT2D eigenvalue weighted by Crippen LogP contribution is -2.25. The van der Waals surface area contributed by atoms with Crippen molar-refractivity contribution in [2.75, 3.05) is 13.1 Å². The van der Waals surface area contributed by atoms with E-state index in [0.717, 1.165) is 25.3 Å². The lowest BCUT2D eigenvalue weighted by atomic mass is 9.81. The fourth-order valence-corrected chi connectivity index (χ4v) is 2.09. The maximum Gasteiger partial charge on any atom is 0.120 e. The number of nitrogens with one attached hydrogen (secondary N) is 1. The highest BCUT2D eigenvalue weighted by Crippen LogP contribution is 2.32. The Bertz CT molecular complexity index is 382. The third kappa shape index (κ3) is 3.74. The van der Waals surface area contributed by atoms with Gasteiger partial charge < -0.3 is 10.1 Å². The first kappa shape index (κ1) is 13.4. The summed E-state index contributed by atoms with van der Waals surface area (Å²) in [7, 11) is 0. The smallest absolute Gasteiger partial charge is 0.120 e. The molecule has 0 heterocycles. The molecule has 1 N–H and O–H groups in total. The van der Waals surface area contributed by atoms with Crippen LogP contribution in [-0.2, 0) is 5.41 Å². The summed E-state index contributed by atoms with van der Waals surface area (Å²) < 4.78 is 5.87. The zero-order chi connectivity index (χ0) is 13.0. The van der Waals surface area contributed by atoms with Crippen molar-refractivity contribution < 1.29 is 4.74 Å². The molecule has 100 valence electrons. The predicted octanol–water partition coefficient (Wildman–Crippen LogP) is 3.51. The highest BCUT2D eigenvalue weighted by Gasteiger charge is 2.25. The molecule has 0 unspecified atom stereocenters. The van der Waals surface area contributed by atoms with E-state index < -0.39 is 0 Å². The zero-order valence-electron chi connectivity index (χ0n) is 11.8. The second-order valence-corrected chi connectivity index (χ2v) is 5.83. The van der Waals surface area contributed by atoms with Gasteiger partial charge in [0.1, 0.15) is 5.75 Å². The number of hydrogen-bond donors (Lipinski definition) is 1. The molecule has 18 heavy (non-hydrogen) atoms. The van der Waals surface area contributed by atoms with E-state index in [0.29, 0.717) is 6.10 Å². The highest BCUT2D eigenvalue weighted by atomic mass is 16.5. The Morgan fingerprint density at radius 2 is 2.11 bits per heavy atom. The van der Waals surface area contributed by atoms with Gasteiger partial charge in [-0.1, -0.05) is 32.9 Å². The van der Waals surface area contributed by atoms with Crippen LogP contribution in [0.4, 0.5) is 0 Å². The number of benzene rings is 1. The van der Waals surface area contributed by atoms with E-state index in [1.165, 1.54) is 18.4 Å². The molecule has 1 fully saturated rings. The van der Waals surface area contributed by atoms with E-state index in [9.17, 15) is 0 Å². The van der Waals surface area contributed by atoms with Crippen LogP contribution in [0.1, 0.15) is 45.6 Å². The quantitative estimate of drug-likeness (QED) is 0.745. The van der Waals surface area contributed by atoms with Crippen LogP contribution >= 0.6 is 0 Å². The molecular formula is C16H25NO. The molecule has 0 amide bonds. The van der Waals surface area contributed by atoms with Crippen molar-refractivity contribution in [3.8, 4) is 5.75 Å². The van der Waals surface area contributed by atoms with Crippen molar-refractivity contribution in [3.05, 3.63) is 29.8 Å². The molecule has 0 atom stereocenters. The lowest BCUT2D eigenvalue weighted by molar-refractivity contribution is 0.302. The Hall–Kier alpha value is -1.02. The minimum absolute atomic E-state index is 0.199. The number of hydrogen-bond acceptors (Lipinski definition) is 2. The molecule has 0 aromatic heterocycles. The average Bonchev–Trinajstić information content (AvgIpc) is 3.14. The molecule has 0 aliphatic heterocycles. The van der Waals surface area contributed by atoms with Gasteiger partial charge in [-0.3, -0.25) is 0 Å². The summed E-state index contributed by atoms with van der Waals surface area (Å²) in [6.45, 7) is 8.87. The van der Waals surface area contributed by atoms with Gasteiger partial charge in [0.25, 0.3) is 0 Å². The maximum atomic E-state index is 5.87. The van der Waals surface area contributed by atoms with Gasteiger partial charge in [-0.15, -0.1) is 0 Å². The zero-order valence-corrected chi connectivity index (χ0v) is 11.8. The normalized spacial score (nSPS) is 15.7. The molecule has 2 nitrogen and oxygen atoms in total. The van der Waals surface area contributed by atoms with Gasteiger partial charge in [0.05, 0.1) is 6.10 Å². The van der Waals surface area contributed by atoms with E-state index in [1.54, 1.807) is 0 Å². The van der Waals surface area contributed by atoms with E-state index >= 15 is 0 Å². The van der Waals surface area contributed by atoms with Crippen LogP contribution in [0.25, 0.3) is 0 Å². The molecule has 2 heteroatoms. The Morgan fingerprint density at radius 1 is 1.33 bits per heavy atom. The van der Waals surface area contributed by atoms with Gasteiger partial charge in [0.2, 0.25) is 0 Å². The van der Waals surface area contributed by atoms with Crippen molar-refractivity contribution >= 4 is 0 Å². The Morgan fingerprint density at radius 3 is 2.78 bits per heavy atom. The van der Waals surface area contributed by atoms with Crippen molar-refractivity contribution in [2.45, 2.75) is 51.6 Å². The van der Waals surface area contributed by atoms with E-state index in [4.69, 9.17) is 4.74 Å². The molecule has 2 rings (SSSR count). The summed E-state index contributed by atoms with van der Waals surface area (Å²) in [5.41, 5.74) is 1.57. The third-order valence-electron chi connectivity index (χ3n) is 3.62. The van der Waals surface area contributed by atoms with Gasteiger partial charge in [0.15, 0.2) is 0 Å². The van der Waals surface area contributed by atoms with Crippen molar-refractivity contribution in [3.63, 3.8) is 0 Å². The second kappa shape index (κ2) is 5.75. The first-order chi connectivity index (χ1) is 8.62. The molecule has 0 radical (unpaired) electrons. The summed E-state index contributed by atoms with van der Waals surface area (Å²) in [6, 6.07) is 8.61. The van der Waals surface area contributed by atoms with Crippen molar-refractivity contribution in [1.82, 2.24) is 5.32 Å². The molecule has 0 bridgehead atoms. The topological polar surface area (TPSA) is 21.3 Å². The fourth-order valence-electron chi connectivity index (χ4n) is 2.09. The molecule has 1 saturated carbocycles. The molecule has 0 spiro atoms. The highest BCUT2D eigenvalue weighted by molar-refractivity contribution is 5.33. The molecule has 1 aliphatic carbocycles. The predicted molar refractivity (Wildman–Crippen MR) is 76.3 cm³/mol. The summed E-state index contributed by atoms with van der Waals surface area (Å²) in [6.07, 6.45) is 4.06. The SMILES string of the molecule is CCNCCC(C)(C)c1cccc(OC2CC2)c1. The summed E-state index contributed by atoms with van der Waals surface area (Å²) in [4.78, 5) is 0. The monoisotopic (exact) mass is 247 g/mol. The van der Waals surface area contributed by atoms with Crippen LogP contribution in [0.3, 0.4) is 0 Å². The van der Waals surface area contributed by atoms with Crippen LogP contribution in [0.5, 0.6) is 5.75 Å². The second-order valence-electron chi connectivity index (χ2n) is 5.83. The van der Waals surface area contributed by atoms with Crippen LogP contribution < -0.4 is 10.1 Å². The van der Waals surface area contributed by atoms with Crippen LogP contribution in [-0.4, -0.2) is 19.2 Å². The molecular weight excluding hydrogens is 222 g/mol. The van der Waals surface area contributed by atoms with Crippen LogP contribution in [0.15, 0.2) is 24.3 Å². The van der Waals surface area contributed by atoms with Gasteiger partial charge in [-0.2, -0.15) is 0 Å². The van der Waals surface area contributed by atoms with Crippen molar-refractivity contribution in [1.29, 1.82) is 0 Å². The van der Waals surface area contributed by atoms with Gasteiger partial charge in [-0.25, -0.2) is 0 Å². The Kier molecular flexibility index (Phi) is 4.28. The number of ether oxygens (including phenoxy) is 1. The van der Waals surface area contributed by atoms with E-state index in [1.807, 2.05) is 0 Å². The van der Waals surface area contributed by atoms with Crippen LogP contribution in [0, 0.1) is 0 Å². The van der Waals surface area contributed by atoms with Crippen molar-refractivity contribution in [2.24, 2.45) is 0 Å². The molecule has 1 aromatic rings. The molecule has 1 aromatic carbocycles. The standard InChI is InChI=1S/C16H25NO/c1-4-17-11-10-16(2,3)13-6-5-7-15(12-13)18-14-8-9-14/h5-7,12,14,17H,4,8-11H2,1-3H3.